The van der Waals surface area contributed by atoms with Crippen molar-refractivity contribution < 1.29 is 4.74 Å². The normalized spacial score (nSPS) is 33.6. The van der Waals surface area contributed by atoms with Gasteiger partial charge < -0.3 is 10.1 Å². The minimum atomic E-state index is 0.254. The molecule has 1 heterocycles. The molecule has 2 saturated carbocycles. The van der Waals surface area contributed by atoms with Crippen molar-refractivity contribution in [2.75, 3.05) is 6.61 Å². The average Bonchev–Trinajstić information content (AvgIpc) is 2.93. The second kappa shape index (κ2) is 6.13. The van der Waals surface area contributed by atoms with Crippen molar-refractivity contribution in [1.29, 1.82) is 0 Å². The molecule has 110 valence electrons. The minimum Gasteiger partial charge on any atom is -0.375 e. The quantitative estimate of drug-likeness (QED) is 0.831. The Balaban J connectivity index is 1.52. The summed E-state index contributed by atoms with van der Waals surface area (Å²) in [5, 5.41) is 3.95. The second-order valence-corrected chi connectivity index (χ2v) is 7.28. The third-order valence-corrected chi connectivity index (χ3v) is 5.86. The molecular weight excluding hydrogens is 234 g/mol. The molecule has 0 radical (unpaired) electrons. The summed E-state index contributed by atoms with van der Waals surface area (Å²) in [7, 11) is 0. The topological polar surface area (TPSA) is 21.3 Å². The van der Waals surface area contributed by atoms with Crippen LogP contribution in [0.2, 0.25) is 0 Å². The van der Waals surface area contributed by atoms with Crippen LogP contribution in [0, 0.1) is 5.92 Å². The van der Waals surface area contributed by atoms with Gasteiger partial charge in [0.25, 0.3) is 0 Å². The first-order valence-electron chi connectivity index (χ1n) is 8.67. The average molecular weight is 265 g/mol. The van der Waals surface area contributed by atoms with Gasteiger partial charge in [-0.25, -0.2) is 0 Å². The van der Waals surface area contributed by atoms with E-state index >= 15 is 0 Å². The third-order valence-electron chi connectivity index (χ3n) is 5.86. The molecule has 2 nitrogen and oxygen atoms in total. The molecule has 1 N–H and O–H groups in total. The molecule has 0 aromatic rings. The zero-order valence-electron chi connectivity index (χ0n) is 12.6. The Morgan fingerprint density at radius 3 is 2.47 bits per heavy atom. The van der Waals surface area contributed by atoms with Crippen LogP contribution in [0.15, 0.2) is 0 Å². The van der Waals surface area contributed by atoms with Crippen molar-refractivity contribution in [2.24, 2.45) is 5.92 Å². The number of nitrogens with one attached hydrogen (secondary N) is 1. The van der Waals surface area contributed by atoms with Gasteiger partial charge in [0.05, 0.1) is 5.60 Å². The van der Waals surface area contributed by atoms with Crippen LogP contribution >= 0.6 is 0 Å². The van der Waals surface area contributed by atoms with Crippen molar-refractivity contribution in [3.05, 3.63) is 0 Å². The van der Waals surface area contributed by atoms with E-state index in [-0.39, 0.29) is 5.60 Å². The fourth-order valence-electron chi connectivity index (χ4n) is 4.68. The van der Waals surface area contributed by atoms with Crippen molar-refractivity contribution in [3.8, 4) is 0 Å². The Labute approximate surface area is 118 Å². The molecule has 2 heteroatoms. The number of rotatable bonds is 3. The summed E-state index contributed by atoms with van der Waals surface area (Å²) in [5.41, 5.74) is 0.254. The van der Waals surface area contributed by atoms with Gasteiger partial charge in [-0.3, -0.25) is 0 Å². The summed E-state index contributed by atoms with van der Waals surface area (Å²) < 4.78 is 6.20. The predicted molar refractivity (Wildman–Crippen MR) is 79.3 cm³/mol. The molecular formula is C17H31NO. The summed E-state index contributed by atoms with van der Waals surface area (Å²) >= 11 is 0. The highest BCUT2D eigenvalue weighted by Crippen LogP contribution is 2.39. The van der Waals surface area contributed by atoms with Gasteiger partial charge in [-0.1, -0.05) is 32.1 Å². The number of hydrogen-bond acceptors (Lipinski definition) is 2. The smallest absolute Gasteiger partial charge is 0.0697 e. The Hall–Kier alpha value is -0.0800. The summed E-state index contributed by atoms with van der Waals surface area (Å²) in [6.45, 7) is 3.40. The molecule has 3 rings (SSSR count). The predicted octanol–water partition coefficient (Wildman–Crippen LogP) is 4.04. The van der Waals surface area contributed by atoms with Gasteiger partial charge in [0.15, 0.2) is 0 Å². The lowest BCUT2D eigenvalue weighted by Gasteiger charge is -2.44. The van der Waals surface area contributed by atoms with Crippen molar-refractivity contribution in [3.63, 3.8) is 0 Å². The number of hydrogen-bond donors (Lipinski definition) is 1. The van der Waals surface area contributed by atoms with Crippen LogP contribution in [-0.4, -0.2) is 24.3 Å². The lowest BCUT2D eigenvalue weighted by atomic mass is 9.78. The molecule has 1 aliphatic heterocycles. The third kappa shape index (κ3) is 3.33. The molecule has 2 unspecified atom stereocenters. The molecule has 1 spiro atoms. The highest BCUT2D eigenvalue weighted by atomic mass is 16.5. The Bertz CT molecular complexity index is 273. The van der Waals surface area contributed by atoms with Crippen LogP contribution in [0.25, 0.3) is 0 Å². The van der Waals surface area contributed by atoms with Gasteiger partial charge >= 0.3 is 0 Å². The van der Waals surface area contributed by atoms with E-state index in [2.05, 4.69) is 12.2 Å². The first kappa shape index (κ1) is 13.9. The molecule has 1 saturated heterocycles. The fourth-order valence-corrected chi connectivity index (χ4v) is 4.68. The zero-order valence-corrected chi connectivity index (χ0v) is 12.6. The van der Waals surface area contributed by atoms with Crippen LogP contribution in [-0.2, 0) is 4.74 Å². The molecule has 0 aromatic heterocycles. The summed E-state index contributed by atoms with van der Waals surface area (Å²) in [6.07, 6.45) is 15.1. The summed E-state index contributed by atoms with van der Waals surface area (Å²) in [6, 6.07) is 1.42. The monoisotopic (exact) mass is 265 g/mol. The highest BCUT2D eigenvalue weighted by Gasteiger charge is 2.39. The van der Waals surface area contributed by atoms with Gasteiger partial charge in [0.2, 0.25) is 0 Å². The van der Waals surface area contributed by atoms with Crippen LogP contribution in [0.5, 0.6) is 0 Å². The summed E-state index contributed by atoms with van der Waals surface area (Å²) in [5.74, 6) is 0.935. The second-order valence-electron chi connectivity index (χ2n) is 7.28. The van der Waals surface area contributed by atoms with Crippen LogP contribution in [0.3, 0.4) is 0 Å². The minimum absolute atomic E-state index is 0.254. The van der Waals surface area contributed by atoms with Crippen molar-refractivity contribution in [1.82, 2.24) is 5.32 Å². The molecule has 0 bridgehead atoms. The van der Waals surface area contributed by atoms with Gasteiger partial charge in [-0.15, -0.1) is 0 Å². The lowest BCUT2D eigenvalue weighted by Crippen LogP contribution is -2.51. The van der Waals surface area contributed by atoms with Crippen LogP contribution in [0.1, 0.15) is 77.6 Å². The van der Waals surface area contributed by atoms with Crippen LogP contribution in [0.4, 0.5) is 0 Å². The molecule has 0 aromatic carbocycles. The van der Waals surface area contributed by atoms with E-state index in [9.17, 15) is 0 Å². The SMILES string of the molecule is CC(NC1CCOC2(CCCCC2)C1)C1CCCC1. The molecule has 3 aliphatic rings. The Morgan fingerprint density at radius 2 is 1.74 bits per heavy atom. The molecule has 19 heavy (non-hydrogen) atoms. The van der Waals surface area contributed by atoms with Crippen LogP contribution < -0.4 is 5.32 Å². The van der Waals surface area contributed by atoms with E-state index in [0.717, 1.165) is 12.5 Å². The Kier molecular flexibility index (Phi) is 4.48. The van der Waals surface area contributed by atoms with Crippen molar-refractivity contribution in [2.45, 2.75) is 95.2 Å². The maximum Gasteiger partial charge on any atom is 0.0697 e. The van der Waals surface area contributed by atoms with Gasteiger partial charge in [-0.2, -0.15) is 0 Å². The van der Waals surface area contributed by atoms with E-state index in [4.69, 9.17) is 4.74 Å². The van der Waals surface area contributed by atoms with Gasteiger partial charge in [-0.05, 0) is 51.4 Å². The van der Waals surface area contributed by atoms with E-state index in [1.165, 1.54) is 70.6 Å². The van der Waals surface area contributed by atoms with Gasteiger partial charge in [0.1, 0.15) is 0 Å². The van der Waals surface area contributed by atoms with Gasteiger partial charge in [0, 0.05) is 18.7 Å². The van der Waals surface area contributed by atoms with E-state index in [0.29, 0.717) is 12.1 Å². The first-order valence-corrected chi connectivity index (χ1v) is 8.67. The van der Waals surface area contributed by atoms with E-state index in [1.54, 1.807) is 0 Å². The highest BCUT2D eigenvalue weighted by molar-refractivity contribution is 4.93. The molecule has 2 atom stereocenters. The fraction of sp³-hybridized carbons (Fsp3) is 1.00. The first-order chi connectivity index (χ1) is 9.27. The van der Waals surface area contributed by atoms with Crippen molar-refractivity contribution >= 4 is 0 Å². The lowest BCUT2D eigenvalue weighted by molar-refractivity contribution is -0.110. The van der Waals surface area contributed by atoms with E-state index < -0.39 is 0 Å². The maximum atomic E-state index is 6.20. The molecule has 0 amide bonds. The molecule has 2 aliphatic carbocycles. The summed E-state index contributed by atoms with van der Waals surface area (Å²) in [4.78, 5) is 0. The molecule has 3 fully saturated rings. The standard InChI is InChI=1S/C17H31NO/c1-14(15-7-3-4-8-15)18-16-9-12-19-17(13-16)10-5-2-6-11-17/h14-16,18H,2-13H2,1H3. The number of ether oxygens (including phenoxy) is 1. The maximum absolute atomic E-state index is 6.20. The Morgan fingerprint density at radius 1 is 1.00 bits per heavy atom. The zero-order chi connectivity index (χ0) is 13.1. The van der Waals surface area contributed by atoms with E-state index in [1.807, 2.05) is 0 Å². The largest absolute Gasteiger partial charge is 0.375 e.